The molecule has 33 heavy (non-hydrogen) atoms. The van der Waals surface area contributed by atoms with E-state index in [2.05, 4.69) is 15.6 Å². The van der Waals surface area contributed by atoms with Crippen LogP contribution in [0.4, 0.5) is 4.79 Å². The number of fused-ring (bicyclic) bond motifs is 1. The molecule has 1 unspecified atom stereocenters. The van der Waals surface area contributed by atoms with Gasteiger partial charge in [0.05, 0.1) is 0 Å². The molecule has 9 nitrogen and oxygen atoms in total. The average Bonchev–Trinajstić information content (AvgIpc) is 3.25. The summed E-state index contributed by atoms with van der Waals surface area (Å²) in [6.45, 7) is 1.95. The van der Waals surface area contributed by atoms with E-state index in [-0.39, 0.29) is 13.0 Å². The lowest BCUT2D eigenvalue weighted by molar-refractivity contribution is -0.135. The molecule has 0 saturated carbocycles. The fraction of sp³-hybridized carbons (Fsp3) is 0.292. The maximum Gasteiger partial charge on any atom is 0.408 e. The van der Waals surface area contributed by atoms with E-state index in [1.807, 2.05) is 61.5 Å². The number of para-hydroxylation sites is 1. The van der Waals surface area contributed by atoms with E-state index in [9.17, 15) is 19.6 Å². The van der Waals surface area contributed by atoms with Crippen molar-refractivity contribution in [1.82, 2.24) is 21.1 Å². The third-order valence-corrected chi connectivity index (χ3v) is 5.24. The Morgan fingerprint density at radius 3 is 2.42 bits per heavy atom. The van der Waals surface area contributed by atoms with Crippen LogP contribution in [0.15, 0.2) is 60.8 Å². The minimum atomic E-state index is -1.04. The van der Waals surface area contributed by atoms with Gasteiger partial charge in [0.2, 0.25) is 5.91 Å². The Kier molecular flexibility index (Phi) is 8.43. The third-order valence-electron chi connectivity index (χ3n) is 5.24. The summed E-state index contributed by atoms with van der Waals surface area (Å²) < 4.78 is 5.21. The quantitative estimate of drug-likeness (QED) is 0.238. The van der Waals surface area contributed by atoms with E-state index in [0.29, 0.717) is 12.8 Å². The van der Waals surface area contributed by atoms with Crippen molar-refractivity contribution >= 4 is 28.8 Å². The summed E-state index contributed by atoms with van der Waals surface area (Å²) in [6.07, 6.45) is 2.16. The molecule has 5 N–H and O–H groups in total. The van der Waals surface area contributed by atoms with E-state index in [4.69, 9.17) is 4.74 Å². The molecule has 1 aromatic heterocycles. The molecule has 0 saturated heterocycles. The summed E-state index contributed by atoms with van der Waals surface area (Å²) in [4.78, 5) is 40.6. The zero-order valence-corrected chi connectivity index (χ0v) is 18.3. The van der Waals surface area contributed by atoms with Crippen LogP contribution in [0.25, 0.3) is 10.9 Å². The van der Waals surface area contributed by atoms with Crippen LogP contribution in [-0.2, 0) is 27.4 Å². The first-order valence-corrected chi connectivity index (χ1v) is 10.8. The summed E-state index contributed by atoms with van der Waals surface area (Å²) in [6, 6.07) is 14.8. The Morgan fingerprint density at radius 2 is 1.70 bits per heavy atom. The van der Waals surface area contributed by atoms with Crippen LogP contribution >= 0.6 is 0 Å². The minimum Gasteiger partial charge on any atom is -0.445 e. The topological polar surface area (TPSA) is 133 Å². The van der Waals surface area contributed by atoms with Crippen molar-refractivity contribution in [3.05, 3.63) is 71.9 Å². The molecular weight excluding hydrogens is 424 g/mol. The van der Waals surface area contributed by atoms with Gasteiger partial charge in [-0.25, -0.2) is 10.3 Å². The van der Waals surface area contributed by atoms with Gasteiger partial charge in [0.15, 0.2) is 0 Å². The first-order chi connectivity index (χ1) is 16.0. The van der Waals surface area contributed by atoms with Gasteiger partial charge in [-0.05, 0) is 23.6 Å². The zero-order valence-electron chi connectivity index (χ0n) is 18.3. The molecule has 2 atom stereocenters. The fourth-order valence-corrected chi connectivity index (χ4v) is 3.54. The molecular formula is C24H28N4O5. The number of hydrogen-bond donors (Lipinski definition) is 5. The third kappa shape index (κ3) is 6.56. The highest BCUT2D eigenvalue weighted by Gasteiger charge is 2.27. The van der Waals surface area contributed by atoms with Gasteiger partial charge < -0.3 is 20.4 Å². The van der Waals surface area contributed by atoms with Gasteiger partial charge in [0, 0.05) is 23.5 Å². The Balaban J connectivity index is 1.64. The van der Waals surface area contributed by atoms with Crippen LogP contribution in [0, 0.1) is 0 Å². The lowest BCUT2D eigenvalue weighted by atomic mass is 10.0. The number of rotatable bonds is 10. The van der Waals surface area contributed by atoms with Crippen LogP contribution in [0.1, 0.15) is 30.9 Å². The van der Waals surface area contributed by atoms with Crippen molar-refractivity contribution in [2.75, 3.05) is 0 Å². The Bertz CT molecular complexity index is 1080. The molecule has 3 rings (SSSR count). The number of aromatic nitrogens is 1. The Labute approximate surface area is 191 Å². The van der Waals surface area contributed by atoms with Gasteiger partial charge in [-0.2, -0.15) is 0 Å². The average molecular weight is 453 g/mol. The highest BCUT2D eigenvalue weighted by atomic mass is 16.5. The van der Waals surface area contributed by atoms with Crippen molar-refractivity contribution in [2.45, 2.75) is 44.9 Å². The summed E-state index contributed by atoms with van der Waals surface area (Å²) in [7, 11) is 0. The number of carbonyl (C=O) groups excluding carboxylic acids is 3. The van der Waals surface area contributed by atoms with E-state index in [1.54, 1.807) is 11.7 Å². The number of nitrogens with one attached hydrogen (secondary N) is 4. The second-order valence-corrected chi connectivity index (χ2v) is 7.65. The normalized spacial score (nSPS) is 12.5. The van der Waals surface area contributed by atoms with E-state index < -0.39 is 30.0 Å². The number of alkyl carbamates (subject to hydrolysis) is 1. The number of H-pyrrole nitrogens is 1. The number of aromatic amines is 1. The van der Waals surface area contributed by atoms with Gasteiger partial charge in [0.1, 0.15) is 18.7 Å². The highest BCUT2D eigenvalue weighted by molar-refractivity contribution is 5.92. The molecule has 0 aliphatic heterocycles. The number of ether oxygens (including phenoxy) is 1. The van der Waals surface area contributed by atoms with Crippen LogP contribution in [0.2, 0.25) is 0 Å². The van der Waals surface area contributed by atoms with Gasteiger partial charge in [-0.1, -0.05) is 61.9 Å². The SMILES string of the molecule is CCCC(NC(=O)OCc1ccccc1)C(=O)N[C@H](Cc1c[nH]c2ccccc12)C(=O)NO. The maximum atomic E-state index is 12.9. The number of amides is 3. The summed E-state index contributed by atoms with van der Waals surface area (Å²) in [5.74, 6) is -1.29. The molecule has 0 spiro atoms. The molecule has 0 bridgehead atoms. The number of hydroxylamine groups is 1. The van der Waals surface area contributed by atoms with Gasteiger partial charge >= 0.3 is 6.09 Å². The predicted molar refractivity (Wildman–Crippen MR) is 122 cm³/mol. The molecule has 0 fully saturated rings. The van der Waals surface area contributed by atoms with Gasteiger partial charge in [-0.3, -0.25) is 14.8 Å². The van der Waals surface area contributed by atoms with Gasteiger partial charge in [-0.15, -0.1) is 0 Å². The number of carbonyl (C=O) groups is 3. The first kappa shape index (κ1) is 23.8. The van der Waals surface area contributed by atoms with Crippen LogP contribution in [0.5, 0.6) is 0 Å². The number of hydrogen-bond acceptors (Lipinski definition) is 5. The zero-order chi connectivity index (χ0) is 23.6. The predicted octanol–water partition coefficient (Wildman–Crippen LogP) is 2.80. The second kappa shape index (κ2) is 11.7. The van der Waals surface area contributed by atoms with Crippen molar-refractivity contribution in [2.24, 2.45) is 0 Å². The molecule has 1 heterocycles. The van der Waals surface area contributed by atoms with Crippen molar-refractivity contribution in [3.8, 4) is 0 Å². The lowest BCUT2D eigenvalue weighted by Gasteiger charge is -2.22. The first-order valence-electron chi connectivity index (χ1n) is 10.8. The monoisotopic (exact) mass is 452 g/mol. The summed E-state index contributed by atoms with van der Waals surface area (Å²) in [5.41, 5.74) is 4.13. The van der Waals surface area contributed by atoms with E-state index >= 15 is 0 Å². The van der Waals surface area contributed by atoms with E-state index in [1.165, 1.54) is 0 Å². The Hall–Kier alpha value is -3.85. The Morgan fingerprint density at radius 1 is 0.970 bits per heavy atom. The molecule has 0 aliphatic rings. The summed E-state index contributed by atoms with van der Waals surface area (Å²) >= 11 is 0. The standard InChI is InChI=1S/C24H28N4O5/c1-2-8-20(27-24(31)33-15-16-9-4-3-5-10-16)22(29)26-21(23(30)28-32)13-17-14-25-19-12-7-6-11-18(17)19/h3-7,9-12,14,20-21,25,32H,2,8,13,15H2,1H3,(H,26,29)(H,27,31)(H,28,30)/t20?,21-/m1/s1. The van der Waals surface area contributed by atoms with Crippen molar-refractivity contribution < 1.29 is 24.3 Å². The minimum absolute atomic E-state index is 0.0727. The second-order valence-electron chi connectivity index (χ2n) is 7.65. The maximum absolute atomic E-state index is 12.9. The largest absolute Gasteiger partial charge is 0.445 e. The van der Waals surface area contributed by atoms with Crippen LogP contribution in [0.3, 0.4) is 0 Å². The van der Waals surface area contributed by atoms with Crippen LogP contribution in [-0.4, -0.2) is 40.2 Å². The van der Waals surface area contributed by atoms with Crippen molar-refractivity contribution in [1.29, 1.82) is 0 Å². The van der Waals surface area contributed by atoms with Crippen LogP contribution < -0.4 is 16.1 Å². The fourth-order valence-electron chi connectivity index (χ4n) is 3.54. The lowest BCUT2D eigenvalue weighted by Crippen LogP contribution is -2.54. The number of benzene rings is 2. The van der Waals surface area contributed by atoms with Crippen molar-refractivity contribution in [3.63, 3.8) is 0 Å². The van der Waals surface area contributed by atoms with Gasteiger partial charge in [0.25, 0.3) is 5.91 Å². The molecule has 3 aromatic rings. The molecule has 174 valence electrons. The molecule has 9 heteroatoms. The smallest absolute Gasteiger partial charge is 0.408 e. The van der Waals surface area contributed by atoms with E-state index in [0.717, 1.165) is 22.0 Å². The molecule has 2 aromatic carbocycles. The highest BCUT2D eigenvalue weighted by Crippen LogP contribution is 2.19. The molecule has 0 aliphatic carbocycles. The molecule has 0 radical (unpaired) electrons. The summed E-state index contributed by atoms with van der Waals surface area (Å²) in [5, 5.41) is 15.3. The molecule has 3 amide bonds.